The maximum atomic E-state index is 12.2. The van der Waals surface area contributed by atoms with Crippen LogP contribution in [0.4, 0.5) is 0 Å². The Kier molecular flexibility index (Phi) is 11.1. The average Bonchev–Trinajstić information content (AvgIpc) is 3.48. The average molecular weight is 806 g/mol. The van der Waals surface area contributed by atoms with E-state index in [9.17, 15) is 9.90 Å². The largest absolute Gasteiger partial charge is 0.512 e. The molecule has 0 fully saturated rings. The number of benzene rings is 4. The minimum atomic E-state index is -0.337. The second kappa shape index (κ2) is 14.5. The predicted molar refractivity (Wildman–Crippen MR) is 191 cm³/mol. The van der Waals surface area contributed by atoms with Gasteiger partial charge in [-0.2, -0.15) is 0 Å². The number of allylic oxidation sites excluding steroid dienone is 2. The molecule has 47 heavy (non-hydrogen) atoms. The Balaban J connectivity index is 0.000000242. The second-order valence-corrected chi connectivity index (χ2v) is 13.0. The Morgan fingerprint density at radius 1 is 0.872 bits per heavy atom. The summed E-state index contributed by atoms with van der Waals surface area (Å²) in [4.78, 5) is 21.4. The van der Waals surface area contributed by atoms with Crippen LogP contribution in [0.25, 0.3) is 54.9 Å². The zero-order valence-corrected chi connectivity index (χ0v) is 31.1. The first-order chi connectivity index (χ1) is 22.0. The number of rotatable bonds is 8. The fraction of sp³-hybridized carbons (Fsp3) is 0.341. The molecule has 5 nitrogen and oxygen atoms in total. The first-order valence-corrected chi connectivity index (χ1v) is 16.4. The first-order valence-electron chi connectivity index (χ1n) is 16.4. The van der Waals surface area contributed by atoms with Crippen molar-refractivity contribution >= 4 is 49.4 Å². The molecule has 6 heteroatoms. The zero-order chi connectivity index (χ0) is 33.2. The molecule has 2 heterocycles. The Morgan fingerprint density at radius 2 is 1.53 bits per heavy atom. The number of aryl methyl sites for hydroxylation is 2. The minimum absolute atomic E-state index is 0. The van der Waals surface area contributed by atoms with Crippen molar-refractivity contribution in [1.82, 2.24) is 9.97 Å². The third kappa shape index (κ3) is 6.77. The van der Waals surface area contributed by atoms with Gasteiger partial charge in [0, 0.05) is 53.5 Å². The molecular weight excluding hydrogens is 761 g/mol. The summed E-state index contributed by atoms with van der Waals surface area (Å²) >= 11 is 0. The first kappa shape index (κ1) is 36.0. The molecule has 4 aromatic carbocycles. The molecule has 0 atom stereocenters. The standard InChI is InChI=1S/C26H17N2O.C15H28O2.Ir/c1-15-7-10-18-17(13-15)9-12-20-24(18)27-14-28-25(20)21-11-8-16(2)23-19-5-3-4-6-22(19)29-26(21)23;1-7-14(5,8-2)12(16)11-13(17)15(6,9-3)10-4;/h3-10,12-14H,1-2H3;11,16H,7-10H2,1-6H3;/q-1;;/b;12-11-;. The number of nitrogens with zero attached hydrogens (tertiary/aromatic N) is 2. The van der Waals surface area contributed by atoms with Gasteiger partial charge in [0.25, 0.3) is 0 Å². The van der Waals surface area contributed by atoms with Crippen LogP contribution in [0.15, 0.2) is 83.2 Å². The predicted octanol–water partition coefficient (Wildman–Crippen LogP) is 11.4. The number of aromatic nitrogens is 2. The fourth-order valence-corrected chi connectivity index (χ4v) is 5.97. The molecule has 6 aromatic rings. The number of hydrogen-bond donors (Lipinski definition) is 1. The van der Waals surface area contributed by atoms with Crippen LogP contribution in [0, 0.1) is 30.7 Å². The van der Waals surface area contributed by atoms with E-state index in [1.54, 1.807) is 6.33 Å². The van der Waals surface area contributed by atoms with Gasteiger partial charge in [0.15, 0.2) is 5.78 Å². The Labute approximate surface area is 291 Å². The SMILES string of the molecule is CCC(C)(CC)C(=O)/C=C(\O)C(C)(CC)CC.Cc1ccc2c(ccc3c(-c4[c-]cc(C)c5c4oc4ccccc45)ncnc32)c1.[Ir]. The number of furan rings is 1. The molecule has 6 rings (SSSR count). The third-order valence-corrected chi connectivity index (χ3v) is 10.3. The van der Waals surface area contributed by atoms with E-state index in [-0.39, 0.29) is 42.5 Å². The Hall–Kier alpha value is -3.86. The van der Waals surface area contributed by atoms with E-state index in [0.717, 1.165) is 80.7 Å². The quantitative estimate of drug-likeness (QED) is 0.0717. The summed E-state index contributed by atoms with van der Waals surface area (Å²) in [6, 6.07) is 24.3. The van der Waals surface area contributed by atoms with Gasteiger partial charge < -0.3 is 9.52 Å². The van der Waals surface area contributed by atoms with Gasteiger partial charge in [-0.3, -0.25) is 9.78 Å². The van der Waals surface area contributed by atoms with Crippen LogP contribution in [0.1, 0.15) is 78.4 Å². The number of fused-ring (bicyclic) bond motifs is 6. The van der Waals surface area contributed by atoms with Crippen LogP contribution < -0.4 is 0 Å². The molecule has 2 aromatic heterocycles. The number of hydrogen-bond acceptors (Lipinski definition) is 5. The molecule has 0 amide bonds. The third-order valence-electron chi connectivity index (χ3n) is 10.3. The molecule has 0 saturated heterocycles. The van der Waals surface area contributed by atoms with Crippen LogP contribution in [-0.2, 0) is 24.9 Å². The van der Waals surface area contributed by atoms with Gasteiger partial charge in [-0.05, 0) is 49.4 Å². The molecule has 0 bridgehead atoms. The van der Waals surface area contributed by atoms with Crippen molar-refractivity contribution in [1.29, 1.82) is 0 Å². The Morgan fingerprint density at radius 3 is 2.21 bits per heavy atom. The molecule has 247 valence electrons. The van der Waals surface area contributed by atoms with Crippen LogP contribution in [-0.4, -0.2) is 20.9 Å². The van der Waals surface area contributed by atoms with Crippen molar-refractivity contribution in [2.24, 2.45) is 10.8 Å². The van der Waals surface area contributed by atoms with Crippen LogP contribution in [0.3, 0.4) is 0 Å². The maximum absolute atomic E-state index is 12.2. The van der Waals surface area contributed by atoms with E-state index in [2.05, 4.69) is 66.3 Å². The van der Waals surface area contributed by atoms with Crippen molar-refractivity contribution in [2.75, 3.05) is 0 Å². The fourth-order valence-electron chi connectivity index (χ4n) is 5.97. The molecule has 0 aliphatic carbocycles. The van der Waals surface area contributed by atoms with Gasteiger partial charge in [0.1, 0.15) is 17.7 Å². The van der Waals surface area contributed by atoms with E-state index >= 15 is 0 Å². The minimum Gasteiger partial charge on any atom is -0.512 e. The summed E-state index contributed by atoms with van der Waals surface area (Å²) in [5, 5.41) is 15.7. The van der Waals surface area contributed by atoms with Crippen molar-refractivity contribution in [3.63, 3.8) is 0 Å². The van der Waals surface area contributed by atoms with Gasteiger partial charge >= 0.3 is 0 Å². The van der Waals surface area contributed by atoms with Crippen molar-refractivity contribution in [2.45, 2.75) is 81.1 Å². The van der Waals surface area contributed by atoms with Crippen LogP contribution in [0.2, 0.25) is 0 Å². The second-order valence-electron chi connectivity index (χ2n) is 13.0. The summed E-state index contributed by atoms with van der Waals surface area (Å²) < 4.78 is 6.28. The number of para-hydroxylation sites is 1. The smallest absolute Gasteiger partial charge is 0.164 e. The normalized spacial score (nSPS) is 12.3. The molecular formula is C41H45IrN2O3-. The van der Waals surface area contributed by atoms with Crippen molar-refractivity contribution < 1.29 is 34.4 Å². The van der Waals surface area contributed by atoms with E-state index in [1.165, 1.54) is 17.0 Å². The summed E-state index contributed by atoms with van der Waals surface area (Å²) in [7, 11) is 0. The number of carbonyl (C=O) groups is 1. The molecule has 1 N–H and O–H groups in total. The molecule has 0 spiro atoms. The number of ketones is 1. The van der Waals surface area contributed by atoms with Crippen molar-refractivity contribution in [3.05, 3.63) is 96.0 Å². The van der Waals surface area contributed by atoms with E-state index in [4.69, 9.17) is 4.42 Å². The number of aliphatic hydroxyl groups excluding tert-OH is 1. The van der Waals surface area contributed by atoms with E-state index in [0.29, 0.717) is 0 Å². The number of carbonyl (C=O) groups excluding carboxylic acids is 1. The molecule has 0 unspecified atom stereocenters. The van der Waals surface area contributed by atoms with Gasteiger partial charge in [-0.25, -0.2) is 4.98 Å². The van der Waals surface area contributed by atoms with Crippen LogP contribution in [0.5, 0.6) is 0 Å². The molecule has 0 saturated carbocycles. The summed E-state index contributed by atoms with van der Waals surface area (Å²) in [5.41, 5.74) is 6.16. The van der Waals surface area contributed by atoms with Gasteiger partial charge in [-0.15, -0.1) is 17.7 Å². The maximum Gasteiger partial charge on any atom is 0.164 e. The Bertz CT molecular complexity index is 2080. The zero-order valence-electron chi connectivity index (χ0n) is 28.7. The summed E-state index contributed by atoms with van der Waals surface area (Å²) in [5.74, 6) is 0.286. The monoisotopic (exact) mass is 806 g/mol. The number of aliphatic hydroxyl groups is 1. The molecule has 0 aliphatic rings. The summed E-state index contributed by atoms with van der Waals surface area (Å²) in [6.07, 6.45) is 6.39. The van der Waals surface area contributed by atoms with E-state index < -0.39 is 0 Å². The van der Waals surface area contributed by atoms with Gasteiger partial charge in [-0.1, -0.05) is 114 Å². The van der Waals surface area contributed by atoms with Gasteiger partial charge in [0.05, 0.1) is 11.1 Å². The topological polar surface area (TPSA) is 76.2 Å². The van der Waals surface area contributed by atoms with Gasteiger partial charge in [0.2, 0.25) is 0 Å². The molecule has 1 radical (unpaired) electrons. The summed E-state index contributed by atoms with van der Waals surface area (Å²) in [6.45, 7) is 16.3. The van der Waals surface area contributed by atoms with Crippen LogP contribution >= 0.6 is 0 Å². The van der Waals surface area contributed by atoms with E-state index in [1.807, 2.05) is 65.8 Å². The molecule has 0 aliphatic heterocycles. The van der Waals surface area contributed by atoms with Crippen molar-refractivity contribution in [3.8, 4) is 11.3 Å².